The van der Waals surface area contributed by atoms with E-state index in [1.807, 2.05) is 27.7 Å². The van der Waals surface area contributed by atoms with Crippen molar-refractivity contribution in [3.8, 4) is 0 Å². The Morgan fingerprint density at radius 1 is 0.298 bits per heavy atom. The second-order valence-corrected chi connectivity index (χ2v) is 36.2. The van der Waals surface area contributed by atoms with Crippen LogP contribution in [-0.4, -0.2) is 195 Å². The standard InChI is InChI=1S/C78H120N2O24/c1-43-13-17-55-47(5)59(89-67-75(55)51(43)21-25-71(9,93-67)97-101-75)39-63(81)85-35-31-79(32-36-86-64(82)40-60-48(6)56-18-14-44(2)52-22-26-72(10)94-68(90-60)76(52,56)102-98-72)29-30-80(33-37-87-65(83)41-61-49(7)57-19-15-45(3)53-23-27-73(11)95-69(91-61)77(53,57)103-99-73)34-38-88-66(84)42-62-50(8)58-20-16-46(4)54-24-28-74(12)96-70(92-62)78(54,58)104-100-74/h43-62,67-70H,13-42H2,1-12H3/t43-,44-,45-,46-,47-,48-,49-,50-,51+,52+,53+,54+,55+,56+,57+,58+,59?,60?,61?,62?,67-,68-,69-,70-,71-,72-,73-,74-,75-,76-,77-,78-/m1/s1. The fraction of sp³-hybridized carbons (Fsp3) is 0.949. The summed E-state index contributed by atoms with van der Waals surface area (Å²) in [6.45, 7) is 27.4. The molecule has 0 aromatic rings. The molecule has 104 heavy (non-hydrogen) atoms. The SMILES string of the molecule is C[C@@H]1CC[C@H]2[C@@H](C)C(CC(=O)OCCN(CCOC(=O)CC3O[C@@H]4O[C@@]5(C)CC[C@H]6[C@H](C)CC[C@@H]([C@H]3C)[C@@]46OO5)CCN(CCOC(=O)CC3O[C@@H]4O[C@@]5(C)CC[C@H]6[C@H](C)CC[C@@H]([C@H]3C)[C@@]46OO5)CCOC(=O)CC3O[C@@H]4O[C@@]5(C)CC[C@H]6[C@H](C)CC[C@@H]([C@H]3C)[C@@]46OO5)O[C@@H]3O[C@@]4(C)CC[C@@H]1[C@]32OO4. The molecule has 26 heteroatoms. The first-order valence-corrected chi connectivity index (χ1v) is 40.6. The maximum absolute atomic E-state index is 14.2. The highest BCUT2D eigenvalue weighted by atomic mass is 17.3. The highest BCUT2D eigenvalue weighted by Crippen LogP contribution is 2.66. The van der Waals surface area contributed by atoms with E-state index in [1.165, 1.54) is 0 Å². The lowest BCUT2D eigenvalue weighted by Gasteiger charge is -2.60. The van der Waals surface area contributed by atoms with Gasteiger partial charge >= 0.3 is 23.9 Å². The molecule has 586 valence electrons. The lowest BCUT2D eigenvalue weighted by Crippen LogP contribution is -2.70. The highest BCUT2D eigenvalue weighted by Gasteiger charge is 2.74. The normalized spacial score (nSPS) is 50.6. The lowest BCUT2D eigenvalue weighted by atomic mass is 9.57. The minimum Gasteiger partial charge on any atom is -0.464 e. The largest absolute Gasteiger partial charge is 0.464 e. The van der Waals surface area contributed by atoms with Crippen LogP contribution in [0.3, 0.4) is 0 Å². The van der Waals surface area contributed by atoms with Gasteiger partial charge in [0.15, 0.2) is 47.6 Å². The second kappa shape index (κ2) is 28.7. The zero-order chi connectivity index (χ0) is 72.7. The summed E-state index contributed by atoms with van der Waals surface area (Å²) in [5.41, 5.74) is -3.04. The quantitative estimate of drug-likeness (QED) is 0.0523. The molecule has 20 rings (SSSR count). The van der Waals surface area contributed by atoms with Crippen molar-refractivity contribution in [1.82, 2.24) is 9.80 Å². The summed E-state index contributed by atoms with van der Waals surface area (Å²) in [5.74, 6) is -3.05. The number of rotatable bonds is 23. The van der Waals surface area contributed by atoms with E-state index in [0.29, 0.717) is 88.6 Å². The monoisotopic (exact) mass is 1470 g/mol. The number of hydrogen-bond donors (Lipinski definition) is 0. The minimum atomic E-state index is -0.953. The van der Waals surface area contributed by atoms with Gasteiger partial charge in [0, 0.05) is 88.6 Å². The molecule has 0 N–H and O–H groups in total. The zero-order valence-corrected chi connectivity index (χ0v) is 63.8. The molecular weight excluding hydrogens is 1350 g/mol. The Morgan fingerprint density at radius 3 is 0.740 bits per heavy atom. The van der Waals surface area contributed by atoms with Crippen molar-refractivity contribution in [2.45, 2.75) is 307 Å². The van der Waals surface area contributed by atoms with Crippen molar-refractivity contribution in [2.75, 3.05) is 65.7 Å². The number of ether oxygens (including phenoxy) is 12. The van der Waals surface area contributed by atoms with Crippen LogP contribution in [0, 0.1) is 94.7 Å². The predicted octanol–water partition coefficient (Wildman–Crippen LogP) is 10.3. The van der Waals surface area contributed by atoms with Crippen LogP contribution in [-0.2, 0) is 115 Å². The van der Waals surface area contributed by atoms with Gasteiger partial charge in [0.25, 0.3) is 0 Å². The van der Waals surface area contributed by atoms with E-state index < -0.39 is 119 Å². The molecule has 16 saturated heterocycles. The van der Waals surface area contributed by atoms with Crippen LogP contribution in [0.25, 0.3) is 0 Å². The van der Waals surface area contributed by atoms with E-state index in [-0.39, 0.29) is 123 Å². The molecule has 0 amide bonds. The molecule has 16 aliphatic heterocycles. The third-order valence-electron chi connectivity index (χ3n) is 30.1. The van der Waals surface area contributed by atoms with Gasteiger partial charge in [-0.25, -0.2) is 39.1 Å². The molecule has 0 aromatic carbocycles. The van der Waals surface area contributed by atoms with Crippen molar-refractivity contribution < 1.29 is 115 Å². The molecule has 20 aliphatic rings. The molecule has 0 aromatic heterocycles. The van der Waals surface area contributed by atoms with Gasteiger partial charge < -0.3 is 56.8 Å². The zero-order valence-electron chi connectivity index (χ0n) is 63.8. The number of esters is 4. The summed E-state index contributed by atoms with van der Waals surface area (Å²) in [4.78, 5) is 111. The number of carbonyl (C=O) groups is 4. The van der Waals surface area contributed by atoms with E-state index in [0.717, 1.165) is 77.0 Å². The number of fused-ring (bicyclic) bond motifs is 8. The fourth-order valence-electron chi connectivity index (χ4n) is 23.8. The second-order valence-electron chi connectivity index (χ2n) is 36.2. The predicted molar refractivity (Wildman–Crippen MR) is 362 cm³/mol. The molecule has 20 fully saturated rings. The van der Waals surface area contributed by atoms with E-state index in [4.69, 9.17) is 95.9 Å². The highest BCUT2D eigenvalue weighted by molar-refractivity contribution is 5.71. The van der Waals surface area contributed by atoms with Crippen LogP contribution >= 0.6 is 0 Å². The Kier molecular flexibility index (Phi) is 20.8. The molecule has 32 atom stereocenters. The van der Waals surface area contributed by atoms with E-state index in [1.54, 1.807) is 0 Å². The summed E-state index contributed by atoms with van der Waals surface area (Å²) in [6, 6.07) is 0. The average Bonchev–Trinajstić information content (AvgIpc) is 1.29. The van der Waals surface area contributed by atoms with Gasteiger partial charge in [-0.05, 0) is 176 Å². The van der Waals surface area contributed by atoms with Crippen LogP contribution in [0.5, 0.6) is 0 Å². The Hall–Kier alpha value is -2.84. The van der Waals surface area contributed by atoms with Crippen LogP contribution in [0.2, 0.25) is 0 Å². The maximum Gasteiger partial charge on any atom is 0.308 e. The van der Waals surface area contributed by atoms with Crippen molar-refractivity contribution in [1.29, 1.82) is 0 Å². The topological polar surface area (TPSA) is 259 Å². The summed E-state index contributed by atoms with van der Waals surface area (Å²) >= 11 is 0. The first kappa shape index (κ1) is 75.2. The van der Waals surface area contributed by atoms with Crippen molar-refractivity contribution in [3.05, 3.63) is 0 Å². The Morgan fingerprint density at radius 2 is 0.519 bits per heavy atom. The van der Waals surface area contributed by atoms with Gasteiger partial charge in [0.1, 0.15) is 26.4 Å². The van der Waals surface area contributed by atoms with Gasteiger partial charge in [-0.15, -0.1) is 0 Å². The Labute approximate surface area is 613 Å². The smallest absolute Gasteiger partial charge is 0.308 e. The minimum absolute atomic E-state index is 0.0238. The van der Waals surface area contributed by atoms with Crippen LogP contribution in [0.15, 0.2) is 0 Å². The van der Waals surface area contributed by atoms with Crippen molar-refractivity contribution in [2.24, 2.45) is 94.7 Å². The molecule has 16 heterocycles. The molecule has 26 nitrogen and oxygen atoms in total. The van der Waals surface area contributed by atoms with Crippen molar-refractivity contribution in [3.63, 3.8) is 0 Å². The Balaban J connectivity index is 0.592. The number of nitrogens with zero attached hydrogens (tertiary/aromatic N) is 2. The van der Waals surface area contributed by atoms with E-state index in [2.05, 4.69) is 65.2 Å². The van der Waals surface area contributed by atoms with Gasteiger partial charge in [0.2, 0.25) is 23.1 Å². The van der Waals surface area contributed by atoms with Crippen molar-refractivity contribution >= 4 is 23.9 Å². The molecule has 0 radical (unpaired) electrons. The third kappa shape index (κ3) is 13.1. The van der Waals surface area contributed by atoms with Gasteiger partial charge in [-0.3, -0.25) is 29.0 Å². The number of carbonyl (C=O) groups excluding carboxylic acids is 4. The van der Waals surface area contributed by atoms with Gasteiger partial charge in [0.05, 0.1) is 50.1 Å². The summed E-state index contributed by atoms with van der Waals surface area (Å²) in [6.07, 6.45) is 9.52. The van der Waals surface area contributed by atoms with Gasteiger partial charge in [-0.2, -0.15) is 0 Å². The first-order valence-electron chi connectivity index (χ1n) is 40.6. The summed E-state index contributed by atoms with van der Waals surface area (Å²) < 4.78 is 78.2. The number of hydrogen-bond acceptors (Lipinski definition) is 26. The average molecular weight is 1470 g/mol. The van der Waals surface area contributed by atoms with E-state index >= 15 is 0 Å². The van der Waals surface area contributed by atoms with Crippen LogP contribution in [0.4, 0.5) is 0 Å². The maximum atomic E-state index is 14.2. The summed E-state index contributed by atoms with van der Waals surface area (Å²) in [7, 11) is 0. The Bertz CT molecular complexity index is 2740. The van der Waals surface area contributed by atoms with Gasteiger partial charge in [-0.1, -0.05) is 55.4 Å². The van der Waals surface area contributed by atoms with Crippen LogP contribution in [0.1, 0.15) is 212 Å². The molecule has 8 bridgehead atoms. The summed E-state index contributed by atoms with van der Waals surface area (Å²) in [5, 5.41) is 0. The fourth-order valence-corrected chi connectivity index (χ4v) is 23.8. The molecule has 4 spiro atoms. The molecule has 4 aliphatic carbocycles. The third-order valence-corrected chi connectivity index (χ3v) is 30.1. The molecular formula is C78H120N2O24. The lowest BCUT2D eigenvalue weighted by molar-refractivity contribution is -0.571. The molecule has 4 unspecified atom stereocenters. The first-order chi connectivity index (χ1) is 49.7. The van der Waals surface area contributed by atoms with Crippen LogP contribution < -0.4 is 0 Å². The molecule has 4 saturated carbocycles. The van der Waals surface area contributed by atoms with E-state index in [9.17, 15) is 19.2 Å².